The van der Waals surface area contributed by atoms with Crippen LogP contribution in [-0.4, -0.2) is 38.2 Å². The molecule has 0 saturated carbocycles. The summed E-state index contributed by atoms with van der Waals surface area (Å²) in [5, 5.41) is 8.67. The van der Waals surface area contributed by atoms with Crippen molar-refractivity contribution in [1.29, 1.82) is 0 Å². The number of aromatic nitrogens is 4. The minimum Gasteiger partial charge on any atom is -0.357 e. The van der Waals surface area contributed by atoms with E-state index in [1.54, 1.807) is 6.08 Å². The van der Waals surface area contributed by atoms with E-state index in [1.807, 2.05) is 31.5 Å². The van der Waals surface area contributed by atoms with Gasteiger partial charge in [-0.1, -0.05) is 31.2 Å². The van der Waals surface area contributed by atoms with Crippen LogP contribution >= 0.6 is 11.3 Å². The van der Waals surface area contributed by atoms with Crippen molar-refractivity contribution in [2.75, 3.05) is 13.1 Å². The lowest BCUT2D eigenvalue weighted by atomic mass is 10.0. The Kier molecular flexibility index (Phi) is 6.79. The predicted molar refractivity (Wildman–Crippen MR) is 155 cm³/mol. The van der Waals surface area contributed by atoms with E-state index in [4.69, 9.17) is 0 Å². The molecule has 0 spiro atoms. The zero-order valence-corrected chi connectivity index (χ0v) is 22.2. The molecule has 192 valence electrons. The zero-order valence-electron chi connectivity index (χ0n) is 21.4. The van der Waals surface area contributed by atoms with E-state index in [2.05, 4.69) is 62.0 Å². The summed E-state index contributed by atoms with van der Waals surface area (Å²) in [7, 11) is 0. The van der Waals surface area contributed by atoms with E-state index < -0.39 is 0 Å². The smallest absolute Gasteiger partial charge is 0.176 e. The highest BCUT2D eigenvalue weighted by atomic mass is 32.1. The summed E-state index contributed by atoms with van der Waals surface area (Å²) < 4.78 is 13.8. The predicted octanol–water partition coefficient (Wildman–Crippen LogP) is 7.73. The number of pyridine rings is 1. The second-order valence-electron chi connectivity index (χ2n) is 9.89. The topological polar surface area (TPSA) is 60.6 Å². The number of hydrogen-bond donors (Lipinski definition) is 2. The number of halogens is 1. The molecule has 1 aliphatic heterocycles. The minimum absolute atomic E-state index is 0.205. The number of nitrogens with one attached hydrogen (secondary N) is 2. The summed E-state index contributed by atoms with van der Waals surface area (Å²) in [6.45, 7) is 9.16. The van der Waals surface area contributed by atoms with Crippen molar-refractivity contribution < 1.29 is 4.39 Å². The van der Waals surface area contributed by atoms with Gasteiger partial charge in [-0.2, -0.15) is 9.49 Å². The molecule has 1 aliphatic rings. The summed E-state index contributed by atoms with van der Waals surface area (Å²) in [5.74, 6) is 0. The molecule has 1 saturated heterocycles. The van der Waals surface area contributed by atoms with Gasteiger partial charge in [0.1, 0.15) is 5.69 Å². The van der Waals surface area contributed by atoms with Crippen molar-refractivity contribution in [3.8, 4) is 22.5 Å². The van der Waals surface area contributed by atoms with Gasteiger partial charge in [-0.25, -0.2) is 0 Å². The molecular formula is C31H30FN5S. The van der Waals surface area contributed by atoms with Crippen molar-refractivity contribution in [2.24, 2.45) is 0 Å². The monoisotopic (exact) mass is 523 g/mol. The number of thiophene rings is 1. The molecule has 0 aliphatic carbocycles. The van der Waals surface area contributed by atoms with Crippen molar-refractivity contribution in [2.45, 2.75) is 32.7 Å². The number of hydrogen-bond acceptors (Lipinski definition) is 4. The molecule has 0 atom stereocenters. The Balaban J connectivity index is 1.34. The van der Waals surface area contributed by atoms with Crippen molar-refractivity contribution in [3.63, 3.8) is 0 Å². The van der Waals surface area contributed by atoms with Crippen molar-refractivity contribution >= 4 is 27.8 Å². The number of benzene rings is 1. The second-order valence-corrected chi connectivity index (χ2v) is 10.9. The molecule has 0 radical (unpaired) electrons. The van der Waals surface area contributed by atoms with Crippen LogP contribution < -0.4 is 0 Å². The number of piperidine rings is 1. The Labute approximate surface area is 225 Å². The first-order chi connectivity index (χ1) is 18.6. The maximum absolute atomic E-state index is 13.8. The molecule has 6 rings (SSSR count). The van der Waals surface area contributed by atoms with Crippen LogP contribution in [0.2, 0.25) is 0 Å². The van der Waals surface area contributed by atoms with Crippen molar-refractivity contribution in [1.82, 2.24) is 25.1 Å². The lowest BCUT2D eigenvalue weighted by molar-refractivity contribution is 0.220. The van der Waals surface area contributed by atoms with Gasteiger partial charge in [0.2, 0.25) is 0 Å². The van der Waals surface area contributed by atoms with Gasteiger partial charge in [0.25, 0.3) is 0 Å². The van der Waals surface area contributed by atoms with Gasteiger partial charge in [0.05, 0.1) is 11.2 Å². The van der Waals surface area contributed by atoms with Gasteiger partial charge in [-0.05, 0) is 80.4 Å². The molecule has 4 aromatic heterocycles. The Bertz CT molecular complexity index is 1630. The number of likely N-dealkylation sites (tertiary alicyclic amines) is 1. The van der Waals surface area contributed by atoms with Crippen molar-refractivity contribution in [3.05, 3.63) is 100 Å². The number of H-pyrrole nitrogens is 2. The van der Waals surface area contributed by atoms with Crippen LogP contribution in [0.1, 0.15) is 41.0 Å². The fourth-order valence-corrected chi connectivity index (χ4v) is 6.12. The lowest BCUT2D eigenvalue weighted by Crippen LogP contribution is -2.29. The average molecular weight is 524 g/mol. The third-order valence-corrected chi connectivity index (χ3v) is 8.14. The van der Waals surface area contributed by atoms with Crippen LogP contribution in [0.25, 0.3) is 39.0 Å². The summed E-state index contributed by atoms with van der Waals surface area (Å²) in [6, 6.07) is 14.0. The number of fused-ring (bicyclic) bond motifs is 1. The minimum atomic E-state index is -0.205. The lowest BCUT2D eigenvalue weighted by Gasteiger charge is -2.26. The molecule has 5 nitrogen and oxygen atoms in total. The van der Waals surface area contributed by atoms with Gasteiger partial charge in [-0.15, -0.1) is 11.3 Å². The summed E-state index contributed by atoms with van der Waals surface area (Å²) in [4.78, 5) is 11.4. The van der Waals surface area contributed by atoms with Crippen LogP contribution in [-0.2, 0) is 6.54 Å². The summed E-state index contributed by atoms with van der Waals surface area (Å²) >= 11 is 1.13. The fourth-order valence-electron chi connectivity index (χ4n) is 5.35. The molecule has 7 heteroatoms. The maximum atomic E-state index is 13.8. The third kappa shape index (κ3) is 4.87. The number of nitrogens with zero attached hydrogens (tertiary/aromatic N) is 3. The van der Waals surface area contributed by atoms with Crippen LogP contribution in [0.4, 0.5) is 4.39 Å². The summed E-state index contributed by atoms with van der Waals surface area (Å²) in [5.41, 5.74) is 9.11. The SMILES string of the molecule is C=C/C=C(/c1ccc(F)s1)c1cc(-c2n[nH]c3ccc(-c4cncc(CN5CCCCC5)c4)cc23)[nH]c1C. The Morgan fingerprint density at radius 2 is 1.95 bits per heavy atom. The third-order valence-electron chi connectivity index (χ3n) is 7.23. The normalized spacial score (nSPS) is 14.8. The molecule has 5 heterocycles. The molecule has 0 amide bonds. The van der Waals surface area contributed by atoms with Gasteiger partial charge >= 0.3 is 0 Å². The van der Waals surface area contributed by atoms with Crippen LogP contribution in [0, 0.1) is 12.1 Å². The van der Waals surface area contributed by atoms with Gasteiger partial charge in [0.15, 0.2) is 5.13 Å². The standard InChI is InChI=1S/C31H30FN5S/c1-3-7-24(29-10-11-30(32)38-29)25-16-28(34-20(25)2)31-26-15-22(8-9-27(26)35-36-31)23-14-21(17-33-18-23)19-37-12-5-4-6-13-37/h3,7-11,14-18,34H,1,4-6,12-13,19H2,2H3,(H,35,36)/b24-7+. The molecule has 5 aromatic rings. The first-order valence-corrected chi connectivity index (χ1v) is 13.8. The van der Waals surface area contributed by atoms with E-state index in [0.717, 1.165) is 86.1 Å². The number of aryl methyl sites for hydroxylation is 1. The van der Waals surface area contributed by atoms with Gasteiger partial charge in [0, 0.05) is 51.6 Å². The molecule has 0 bridgehead atoms. The maximum Gasteiger partial charge on any atom is 0.176 e. The van der Waals surface area contributed by atoms with Gasteiger partial charge < -0.3 is 4.98 Å². The largest absolute Gasteiger partial charge is 0.357 e. The molecule has 1 aromatic carbocycles. The Morgan fingerprint density at radius 3 is 2.74 bits per heavy atom. The zero-order chi connectivity index (χ0) is 26.1. The fraction of sp³-hybridized carbons (Fsp3) is 0.226. The highest BCUT2D eigenvalue weighted by Gasteiger charge is 2.18. The Morgan fingerprint density at radius 1 is 1.08 bits per heavy atom. The van der Waals surface area contributed by atoms with Crippen LogP contribution in [0.5, 0.6) is 0 Å². The van der Waals surface area contributed by atoms with E-state index in [0.29, 0.717) is 0 Å². The highest BCUT2D eigenvalue weighted by molar-refractivity contribution is 7.11. The second kappa shape index (κ2) is 10.5. The van der Waals surface area contributed by atoms with E-state index in [1.165, 1.54) is 30.9 Å². The number of rotatable bonds is 7. The first-order valence-electron chi connectivity index (χ1n) is 13.0. The van der Waals surface area contributed by atoms with E-state index in [9.17, 15) is 4.39 Å². The van der Waals surface area contributed by atoms with E-state index >= 15 is 0 Å². The average Bonchev–Trinajstić information content (AvgIpc) is 3.66. The number of aromatic amines is 2. The van der Waals surface area contributed by atoms with E-state index in [-0.39, 0.29) is 5.13 Å². The molecule has 38 heavy (non-hydrogen) atoms. The van der Waals surface area contributed by atoms with Crippen LogP contribution in [0.3, 0.4) is 0 Å². The molecule has 1 fully saturated rings. The molecule has 0 unspecified atom stereocenters. The quantitative estimate of drug-likeness (QED) is 0.215. The summed E-state index contributed by atoms with van der Waals surface area (Å²) in [6.07, 6.45) is 11.5. The molecular weight excluding hydrogens is 493 g/mol. The highest BCUT2D eigenvalue weighted by Crippen LogP contribution is 2.36. The van der Waals surface area contributed by atoms with Gasteiger partial charge in [-0.3, -0.25) is 15.0 Å². The number of allylic oxidation sites excluding steroid dienone is 2. The molecule has 2 N–H and O–H groups in total. The van der Waals surface area contributed by atoms with Crippen LogP contribution in [0.15, 0.2) is 73.6 Å². The Hall–Kier alpha value is -3.81. The first kappa shape index (κ1) is 24.5.